The van der Waals surface area contributed by atoms with E-state index in [4.69, 9.17) is 14.2 Å². The second kappa shape index (κ2) is 11.8. The van der Waals surface area contributed by atoms with Gasteiger partial charge in [-0.25, -0.2) is 14.4 Å². The fraction of sp³-hybridized carbons (Fsp3) is 0.222. The number of aromatic hydroxyl groups is 9. The van der Waals surface area contributed by atoms with Crippen LogP contribution >= 0.6 is 0 Å². The van der Waals surface area contributed by atoms with Gasteiger partial charge in [0.2, 0.25) is 0 Å². The van der Waals surface area contributed by atoms with Gasteiger partial charge in [0.15, 0.2) is 57.8 Å². The number of aliphatic hydroxyl groups is 2. The summed E-state index contributed by atoms with van der Waals surface area (Å²) < 4.78 is 15.7. The number of carbonyl (C=O) groups excluding carboxylic acids is 3. The summed E-state index contributed by atoms with van der Waals surface area (Å²) in [5, 5.41) is 109. The molecule has 0 unspecified atom stereocenters. The molecule has 0 aliphatic heterocycles. The smallest absolute Gasteiger partial charge is 0.338 e. The zero-order chi connectivity index (χ0) is 32.6. The van der Waals surface area contributed by atoms with Gasteiger partial charge in [0.25, 0.3) is 0 Å². The third kappa shape index (κ3) is 6.03. The third-order valence-electron chi connectivity index (χ3n) is 6.57. The number of hydrogen-bond donors (Lipinski definition) is 11. The lowest BCUT2D eigenvalue weighted by Gasteiger charge is -2.41. The van der Waals surface area contributed by atoms with Crippen molar-refractivity contribution >= 4 is 17.9 Å². The molecule has 0 aromatic heterocycles. The predicted octanol–water partition coefficient (Wildman–Crippen LogP) is 0.139. The van der Waals surface area contributed by atoms with E-state index < -0.39 is 123 Å². The second-order valence-corrected chi connectivity index (χ2v) is 9.56. The molecule has 1 aliphatic carbocycles. The molecule has 17 heteroatoms. The van der Waals surface area contributed by atoms with Gasteiger partial charge in [-0.3, -0.25) is 0 Å². The van der Waals surface area contributed by atoms with E-state index in [1.807, 2.05) is 0 Å². The van der Waals surface area contributed by atoms with Crippen LogP contribution < -0.4 is 0 Å². The summed E-state index contributed by atoms with van der Waals surface area (Å²) in [6, 6.07) is 4.23. The Morgan fingerprint density at radius 1 is 0.477 bits per heavy atom. The molecule has 1 fully saturated rings. The van der Waals surface area contributed by atoms with Crippen molar-refractivity contribution in [1.82, 2.24) is 0 Å². The summed E-state index contributed by atoms with van der Waals surface area (Å²) in [4.78, 5) is 38.5. The highest BCUT2D eigenvalue weighted by Crippen LogP contribution is 2.39. The van der Waals surface area contributed by atoms with Crippen LogP contribution in [0.3, 0.4) is 0 Å². The van der Waals surface area contributed by atoms with E-state index in [1.165, 1.54) is 0 Å². The first-order valence-electron chi connectivity index (χ1n) is 12.3. The monoisotopic (exact) mass is 620 g/mol. The van der Waals surface area contributed by atoms with E-state index in [2.05, 4.69) is 0 Å². The van der Waals surface area contributed by atoms with Crippen molar-refractivity contribution in [3.05, 3.63) is 53.1 Å². The molecule has 0 saturated heterocycles. The van der Waals surface area contributed by atoms with Gasteiger partial charge in [-0.1, -0.05) is 0 Å². The number of ether oxygens (including phenoxy) is 3. The van der Waals surface area contributed by atoms with Crippen molar-refractivity contribution < 1.29 is 84.8 Å². The molecule has 17 nitrogen and oxygen atoms in total. The molecule has 234 valence electrons. The Morgan fingerprint density at radius 3 is 1.11 bits per heavy atom. The molecule has 0 radical (unpaired) electrons. The maximum atomic E-state index is 12.9. The molecule has 44 heavy (non-hydrogen) atoms. The minimum atomic E-state index is -2.16. The van der Waals surface area contributed by atoms with Crippen LogP contribution in [0, 0.1) is 0 Å². The molecule has 5 atom stereocenters. The zero-order valence-corrected chi connectivity index (χ0v) is 21.9. The molecule has 0 amide bonds. The summed E-state index contributed by atoms with van der Waals surface area (Å²) in [5.41, 5.74) is -1.61. The van der Waals surface area contributed by atoms with Crippen molar-refractivity contribution in [2.45, 2.75) is 36.9 Å². The molecule has 0 bridgehead atoms. The van der Waals surface area contributed by atoms with Crippen molar-refractivity contribution in [2.24, 2.45) is 0 Å². The summed E-state index contributed by atoms with van der Waals surface area (Å²) in [7, 11) is 0. The van der Waals surface area contributed by atoms with E-state index in [9.17, 15) is 70.6 Å². The lowest BCUT2D eigenvalue weighted by Crippen LogP contribution is -2.59. The van der Waals surface area contributed by atoms with Crippen LogP contribution in [0.4, 0.5) is 0 Å². The van der Waals surface area contributed by atoms with Gasteiger partial charge in [0.1, 0.15) is 24.4 Å². The molecule has 4 rings (SSSR count). The maximum absolute atomic E-state index is 12.9. The average Bonchev–Trinajstić information content (AvgIpc) is 2.96. The average molecular weight is 620 g/mol. The van der Waals surface area contributed by atoms with Crippen LogP contribution in [-0.4, -0.2) is 105 Å². The van der Waals surface area contributed by atoms with Gasteiger partial charge in [-0.2, -0.15) is 0 Å². The largest absolute Gasteiger partial charge is 0.504 e. The predicted molar refractivity (Wildman–Crippen MR) is 139 cm³/mol. The highest BCUT2D eigenvalue weighted by molar-refractivity contribution is 5.93. The minimum Gasteiger partial charge on any atom is -0.504 e. The Kier molecular flexibility index (Phi) is 8.36. The Hall–Kier alpha value is -5.81. The van der Waals surface area contributed by atoms with Gasteiger partial charge in [-0.15, -0.1) is 0 Å². The van der Waals surface area contributed by atoms with Gasteiger partial charge < -0.3 is 70.4 Å². The second-order valence-electron chi connectivity index (χ2n) is 9.56. The summed E-state index contributed by atoms with van der Waals surface area (Å²) in [6.45, 7) is 0. The lowest BCUT2D eigenvalue weighted by atomic mass is 9.86. The number of phenolic OH excluding ortho intramolecular Hbond substituents is 9. The SMILES string of the molecule is O=C(O[C@H]1[C@H](O)[C@@H](O)[C@H](OC(=O)c2cc(O)c(O)c(O)c2)C[C@@H]1OC(=O)c1cc(O)c(O)c(O)c1)c1cc(O)c(O)c(O)c1. The van der Waals surface area contributed by atoms with Gasteiger partial charge in [0.05, 0.1) is 16.7 Å². The Bertz CT molecular complexity index is 1560. The molecule has 11 N–H and O–H groups in total. The summed E-state index contributed by atoms with van der Waals surface area (Å²) >= 11 is 0. The fourth-order valence-corrected chi connectivity index (χ4v) is 4.28. The highest BCUT2D eigenvalue weighted by atomic mass is 16.6. The Labute approximate surface area is 244 Å². The zero-order valence-electron chi connectivity index (χ0n) is 21.9. The van der Waals surface area contributed by atoms with Crippen molar-refractivity contribution in [2.75, 3.05) is 0 Å². The van der Waals surface area contributed by atoms with Crippen LogP contribution in [0.2, 0.25) is 0 Å². The Balaban J connectivity index is 1.64. The van der Waals surface area contributed by atoms with Crippen molar-refractivity contribution in [3.8, 4) is 51.7 Å². The number of benzene rings is 3. The van der Waals surface area contributed by atoms with E-state index in [-0.39, 0.29) is 0 Å². The van der Waals surface area contributed by atoms with Crippen LogP contribution in [0.25, 0.3) is 0 Å². The first-order valence-corrected chi connectivity index (χ1v) is 12.3. The van der Waals surface area contributed by atoms with E-state index >= 15 is 0 Å². The molecule has 0 spiro atoms. The summed E-state index contributed by atoms with van der Waals surface area (Å²) in [6.07, 6.45) is -10.3. The first-order chi connectivity index (χ1) is 20.6. The quantitative estimate of drug-likeness (QED) is 0.0991. The fourth-order valence-electron chi connectivity index (χ4n) is 4.28. The normalized spacial score (nSPS) is 21.3. The number of hydrogen-bond acceptors (Lipinski definition) is 17. The van der Waals surface area contributed by atoms with Crippen LogP contribution in [0.5, 0.6) is 51.7 Å². The molecule has 3 aromatic carbocycles. The number of aliphatic hydroxyl groups excluding tert-OH is 2. The summed E-state index contributed by atoms with van der Waals surface area (Å²) in [5.74, 6) is -12.3. The highest BCUT2D eigenvalue weighted by Gasteiger charge is 2.49. The molecule has 1 aliphatic rings. The van der Waals surface area contributed by atoms with E-state index in [1.54, 1.807) is 0 Å². The molecule has 1 saturated carbocycles. The molecule has 3 aromatic rings. The third-order valence-corrected chi connectivity index (χ3v) is 6.57. The van der Waals surface area contributed by atoms with E-state index in [0.717, 1.165) is 12.1 Å². The minimum absolute atomic E-state index is 0.511. The van der Waals surface area contributed by atoms with Crippen LogP contribution in [-0.2, 0) is 14.2 Å². The van der Waals surface area contributed by atoms with Crippen molar-refractivity contribution in [3.63, 3.8) is 0 Å². The van der Waals surface area contributed by atoms with Crippen LogP contribution in [0.1, 0.15) is 37.5 Å². The Morgan fingerprint density at radius 2 is 0.773 bits per heavy atom. The van der Waals surface area contributed by atoms with Crippen molar-refractivity contribution in [1.29, 1.82) is 0 Å². The number of rotatable bonds is 6. The maximum Gasteiger partial charge on any atom is 0.338 e. The molecular weight excluding hydrogens is 596 g/mol. The molecular formula is C27H24O17. The van der Waals surface area contributed by atoms with Gasteiger partial charge in [0, 0.05) is 6.42 Å². The van der Waals surface area contributed by atoms with Gasteiger partial charge >= 0.3 is 17.9 Å². The number of phenols is 9. The molecule has 0 heterocycles. The number of carbonyl (C=O) groups is 3. The lowest BCUT2D eigenvalue weighted by molar-refractivity contribution is -0.179. The number of esters is 3. The van der Waals surface area contributed by atoms with Gasteiger partial charge in [-0.05, 0) is 36.4 Å². The first kappa shape index (κ1) is 31.1. The topological polar surface area (TPSA) is 301 Å². The standard InChI is InChI=1S/C27H24O17/c28-11-1-8(2-12(29)19(11)34)25(39)42-17-7-18(43-26(40)9-3-13(30)20(35)14(31)4-9)24(23(38)22(17)37)44-27(41)10-5-15(32)21(36)16(33)6-10/h1-6,17-18,22-24,28-38H,7H2/t17-,18+,22+,23-,24-/m1/s1. The van der Waals surface area contributed by atoms with Crippen LogP contribution in [0.15, 0.2) is 36.4 Å². The van der Waals surface area contributed by atoms with E-state index in [0.29, 0.717) is 24.3 Å².